The zero-order chi connectivity index (χ0) is 21.1. The summed E-state index contributed by atoms with van der Waals surface area (Å²) in [5, 5.41) is 3.97. The first-order chi connectivity index (χ1) is 14.6. The average molecular weight is 427 g/mol. The fraction of sp³-hybridized carbons (Fsp3) is 0.364. The van der Waals surface area contributed by atoms with Crippen molar-refractivity contribution < 1.29 is 14.3 Å². The normalized spacial score (nSPS) is 14.1. The Balaban J connectivity index is 1.39. The largest absolute Gasteiger partial charge is 0.497 e. The van der Waals surface area contributed by atoms with Crippen LogP contribution in [0.5, 0.6) is 11.5 Å². The molecule has 158 valence electrons. The van der Waals surface area contributed by atoms with Gasteiger partial charge < -0.3 is 24.6 Å². The van der Waals surface area contributed by atoms with Crippen molar-refractivity contribution in [3.05, 3.63) is 42.0 Å². The molecule has 1 aromatic heterocycles. The Hall–Kier alpha value is -3.00. The van der Waals surface area contributed by atoms with Crippen molar-refractivity contribution in [2.45, 2.75) is 13.3 Å². The molecule has 3 aromatic rings. The molecule has 0 spiro atoms. The summed E-state index contributed by atoms with van der Waals surface area (Å²) in [5.74, 6) is 1.27. The van der Waals surface area contributed by atoms with Crippen molar-refractivity contribution in [3.63, 3.8) is 0 Å². The van der Waals surface area contributed by atoms with Crippen molar-refractivity contribution in [3.8, 4) is 11.5 Å². The van der Waals surface area contributed by atoms with Crippen LogP contribution in [-0.4, -0.2) is 56.3 Å². The maximum atomic E-state index is 12.7. The number of fused-ring (bicyclic) bond motifs is 1. The Morgan fingerprint density at radius 1 is 1.07 bits per heavy atom. The second kappa shape index (κ2) is 8.79. The minimum Gasteiger partial charge on any atom is -0.497 e. The quantitative estimate of drug-likeness (QED) is 0.661. The number of ether oxygens (including phenoxy) is 2. The van der Waals surface area contributed by atoms with Crippen LogP contribution in [0.25, 0.3) is 10.2 Å². The third-order valence-corrected chi connectivity index (χ3v) is 6.37. The van der Waals surface area contributed by atoms with Crippen LogP contribution in [0.15, 0.2) is 36.4 Å². The number of nitrogens with one attached hydrogen (secondary N) is 1. The number of anilines is 2. The highest BCUT2D eigenvalue weighted by Crippen LogP contribution is 2.30. The van der Waals surface area contributed by atoms with Gasteiger partial charge in [-0.2, -0.15) is 0 Å². The van der Waals surface area contributed by atoms with E-state index in [9.17, 15) is 4.79 Å². The van der Waals surface area contributed by atoms with E-state index in [-0.39, 0.29) is 6.03 Å². The molecule has 7 nitrogen and oxygen atoms in total. The molecule has 0 unspecified atom stereocenters. The van der Waals surface area contributed by atoms with Crippen LogP contribution in [0, 0.1) is 0 Å². The number of rotatable bonds is 5. The molecule has 1 aliphatic rings. The Labute approximate surface area is 180 Å². The van der Waals surface area contributed by atoms with Gasteiger partial charge in [0, 0.05) is 50.1 Å². The number of nitrogens with zero attached hydrogens (tertiary/aromatic N) is 3. The number of amides is 2. The van der Waals surface area contributed by atoms with Gasteiger partial charge in [-0.25, -0.2) is 9.78 Å². The van der Waals surface area contributed by atoms with E-state index < -0.39 is 0 Å². The van der Waals surface area contributed by atoms with Crippen molar-refractivity contribution in [2.24, 2.45) is 0 Å². The molecule has 4 rings (SSSR count). The molecule has 8 heteroatoms. The van der Waals surface area contributed by atoms with Gasteiger partial charge in [-0.3, -0.25) is 0 Å². The lowest BCUT2D eigenvalue weighted by Crippen LogP contribution is -2.50. The number of aromatic nitrogens is 1. The lowest BCUT2D eigenvalue weighted by atomic mass is 10.2. The Morgan fingerprint density at radius 3 is 2.40 bits per heavy atom. The summed E-state index contributed by atoms with van der Waals surface area (Å²) in [5.41, 5.74) is 3.02. The Morgan fingerprint density at radius 2 is 1.77 bits per heavy atom. The van der Waals surface area contributed by atoms with E-state index in [0.29, 0.717) is 30.3 Å². The summed E-state index contributed by atoms with van der Waals surface area (Å²) < 4.78 is 11.8. The lowest BCUT2D eigenvalue weighted by Gasteiger charge is -2.34. The van der Waals surface area contributed by atoms with Crippen molar-refractivity contribution in [1.29, 1.82) is 0 Å². The first-order valence-electron chi connectivity index (χ1n) is 10.0. The van der Waals surface area contributed by atoms with Gasteiger partial charge in [0.25, 0.3) is 0 Å². The van der Waals surface area contributed by atoms with Crippen molar-refractivity contribution in [1.82, 2.24) is 9.88 Å². The predicted octanol–water partition coefficient (Wildman–Crippen LogP) is 4.23. The highest BCUT2D eigenvalue weighted by atomic mass is 32.1. The number of carbonyl (C=O) groups is 1. The SMILES string of the molecule is CCc1ccc2nc(N3CCN(C(=O)Nc4cc(OC)cc(OC)c4)CC3)sc2c1. The number of benzene rings is 2. The van der Waals surface area contributed by atoms with Crippen LogP contribution in [0.1, 0.15) is 12.5 Å². The number of urea groups is 1. The second-order valence-electron chi connectivity index (χ2n) is 7.16. The van der Waals surface area contributed by atoms with Crippen molar-refractivity contribution in [2.75, 3.05) is 50.6 Å². The molecule has 0 saturated carbocycles. The first kappa shape index (κ1) is 20.3. The maximum absolute atomic E-state index is 12.7. The van der Waals surface area contributed by atoms with Crippen molar-refractivity contribution >= 4 is 38.4 Å². The average Bonchev–Trinajstić information content (AvgIpc) is 3.22. The Bertz CT molecular complexity index is 1020. The van der Waals surface area contributed by atoms with E-state index >= 15 is 0 Å². The molecule has 2 heterocycles. The van der Waals surface area contributed by atoms with Gasteiger partial charge in [-0.15, -0.1) is 0 Å². The van der Waals surface area contributed by atoms with Crippen LogP contribution in [-0.2, 0) is 6.42 Å². The molecule has 0 radical (unpaired) electrons. The molecule has 0 atom stereocenters. The molecule has 1 N–H and O–H groups in total. The summed E-state index contributed by atoms with van der Waals surface area (Å²) in [7, 11) is 3.18. The lowest BCUT2D eigenvalue weighted by molar-refractivity contribution is 0.208. The van der Waals surface area contributed by atoms with E-state index in [1.54, 1.807) is 43.8 Å². The van der Waals surface area contributed by atoms with E-state index in [1.807, 2.05) is 4.90 Å². The van der Waals surface area contributed by atoms with E-state index in [1.165, 1.54) is 10.3 Å². The number of thiazole rings is 1. The van der Waals surface area contributed by atoms with Crippen LogP contribution < -0.4 is 19.7 Å². The van der Waals surface area contributed by atoms with E-state index in [0.717, 1.165) is 30.2 Å². The molecule has 2 aromatic carbocycles. The highest BCUT2D eigenvalue weighted by molar-refractivity contribution is 7.22. The summed E-state index contributed by atoms with van der Waals surface area (Å²) in [4.78, 5) is 21.6. The summed E-state index contributed by atoms with van der Waals surface area (Å²) in [6, 6.07) is 11.7. The predicted molar refractivity (Wildman–Crippen MR) is 121 cm³/mol. The molecule has 30 heavy (non-hydrogen) atoms. The highest BCUT2D eigenvalue weighted by Gasteiger charge is 2.23. The number of piperazine rings is 1. The fourth-order valence-electron chi connectivity index (χ4n) is 3.50. The molecule has 1 saturated heterocycles. The first-order valence-corrected chi connectivity index (χ1v) is 10.8. The van der Waals surface area contributed by atoms with E-state index in [4.69, 9.17) is 14.5 Å². The van der Waals surface area contributed by atoms with Gasteiger partial charge in [0.2, 0.25) is 0 Å². The van der Waals surface area contributed by atoms with Gasteiger partial charge in [-0.05, 0) is 24.1 Å². The smallest absolute Gasteiger partial charge is 0.321 e. The van der Waals surface area contributed by atoms with Gasteiger partial charge in [0.05, 0.1) is 24.4 Å². The number of carbonyl (C=O) groups excluding carboxylic acids is 1. The fourth-order valence-corrected chi connectivity index (χ4v) is 4.58. The zero-order valence-electron chi connectivity index (χ0n) is 17.5. The minimum atomic E-state index is -0.123. The number of hydrogen-bond donors (Lipinski definition) is 1. The third kappa shape index (κ3) is 4.28. The number of methoxy groups -OCH3 is 2. The number of aryl methyl sites for hydroxylation is 1. The second-order valence-corrected chi connectivity index (χ2v) is 8.17. The molecule has 0 bridgehead atoms. The van der Waals surface area contributed by atoms with Gasteiger partial charge >= 0.3 is 6.03 Å². The Kier molecular flexibility index (Phi) is 5.94. The third-order valence-electron chi connectivity index (χ3n) is 5.29. The van der Waals surface area contributed by atoms with Crippen LogP contribution in [0.4, 0.5) is 15.6 Å². The van der Waals surface area contributed by atoms with Crippen LogP contribution >= 0.6 is 11.3 Å². The summed E-state index contributed by atoms with van der Waals surface area (Å²) >= 11 is 1.72. The molecule has 1 aliphatic heterocycles. The molecular weight excluding hydrogens is 400 g/mol. The van der Waals surface area contributed by atoms with Crippen LogP contribution in [0.2, 0.25) is 0 Å². The summed E-state index contributed by atoms with van der Waals surface area (Å²) in [6.07, 6.45) is 1.02. The standard InChI is InChI=1S/C22H26N4O3S/c1-4-15-5-6-19-20(11-15)30-22(24-19)26-9-7-25(8-10-26)21(27)23-16-12-17(28-2)14-18(13-16)29-3/h5-6,11-14H,4,7-10H2,1-3H3,(H,23,27). The van der Waals surface area contributed by atoms with Gasteiger partial charge in [0.1, 0.15) is 11.5 Å². The molecule has 0 aliphatic carbocycles. The minimum absolute atomic E-state index is 0.123. The molecular formula is C22H26N4O3S. The topological polar surface area (TPSA) is 66.9 Å². The monoisotopic (exact) mass is 426 g/mol. The van der Waals surface area contributed by atoms with Gasteiger partial charge in [0.15, 0.2) is 5.13 Å². The molecule has 2 amide bonds. The van der Waals surface area contributed by atoms with Gasteiger partial charge in [-0.1, -0.05) is 24.3 Å². The zero-order valence-corrected chi connectivity index (χ0v) is 18.3. The van der Waals surface area contributed by atoms with Crippen LogP contribution in [0.3, 0.4) is 0 Å². The maximum Gasteiger partial charge on any atom is 0.321 e. The number of hydrogen-bond acceptors (Lipinski definition) is 6. The van der Waals surface area contributed by atoms with E-state index in [2.05, 4.69) is 35.3 Å². The molecule has 1 fully saturated rings. The summed E-state index contributed by atoms with van der Waals surface area (Å²) in [6.45, 7) is 4.96.